The van der Waals surface area contributed by atoms with Crippen LogP contribution in [0.25, 0.3) is 23.1 Å². The van der Waals surface area contributed by atoms with Crippen molar-refractivity contribution in [2.45, 2.75) is 39.3 Å². The number of hydrogen-bond acceptors (Lipinski definition) is 4. The standard InChI is InChI=1S/C21H24N4O/c1-14-11-15(2)23-17(12-14)7-9-19-18-8-6-16(22)13-20(18)25(24-19)21-5-3-4-10-26-21/h6-9,11-13,21H,3-5,10,22H2,1-2H3. The number of pyridine rings is 1. The van der Waals surface area contributed by atoms with E-state index in [0.29, 0.717) is 0 Å². The molecule has 1 aliphatic heterocycles. The molecule has 2 aromatic heterocycles. The SMILES string of the molecule is Cc1cc(C)nc(C=Cc2nn(C3CCCCO3)c3cc(N)ccc23)c1. The summed E-state index contributed by atoms with van der Waals surface area (Å²) in [6, 6.07) is 10.1. The van der Waals surface area contributed by atoms with Crippen LogP contribution < -0.4 is 5.73 Å². The van der Waals surface area contributed by atoms with Crippen LogP contribution in [0.15, 0.2) is 30.3 Å². The summed E-state index contributed by atoms with van der Waals surface area (Å²) in [4.78, 5) is 4.57. The Hall–Kier alpha value is -2.66. The van der Waals surface area contributed by atoms with E-state index in [-0.39, 0.29) is 6.23 Å². The number of rotatable bonds is 3. The number of nitrogens with zero attached hydrogens (tertiary/aromatic N) is 3. The average Bonchev–Trinajstić information content (AvgIpc) is 2.98. The third-order valence-corrected chi connectivity index (χ3v) is 4.72. The Bertz CT molecular complexity index is 947. The molecule has 0 radical (unpaired) electrons. The van der Waals surface area contributed by atoms with Crippen LogP contribution >= 0.6 is 0 Å². The van der Waals surface area contributed by atoms with Crippen molar-refractivity contribution in [2.75, 3.05) is 12.3 Å². The highest BCUT2D eigenvalue weighted by atomic mass is 16.5. The Balaban J connectivity index is 1.76. The minimum Gasteiger partial charge on any atom is -0.399 e. The van der Waals surface area contributed by atoms with Crippen LogP contribution in [0, 0.1) is 13.8 Å². The average molecular weight is 348 g/mol. The fraction of sp³-hybridized carbons (Fsp3) is 0.333. The number of nitrogen functional groups attached to an aromatic ring is 1. The zero-order chi connectivity index (χ0) is 18.1. The minimum atomic E-state index is -0.0189. The Morgan fingerprint density at radius 1 is 1.15 bits per heavy atom. The molecule has 4 rings (SSSR count). The van der Waals surface area contributed by atoms with Crippen LogP contribution in [-0.4, -0.2) is 21.4 Å². The number of benzene rings is 1. The Morgan fingerprint density at radius 3 is 2.81 bits per heavy atom. The Morgan fingerprint density at radius 2 is 2.04 bits per heavy atom. The highest BCUT2D eigenvalue weighted by Gasteiger charge is 2.20. The van der Waals surface area contributed by atoms with Gasteiger partial charge in [-0.3, -0.25) is 4.98 Å². The maximum absolute atomic E-state index is 6.02. The lowest BCUT2D eigenvalue weighted by atomic mass is 10.1. The topological polar surface area (TPSA) is 66.0 Å². The largest absolute Gasteiger partial charge is 0.399 e. The first-order chi connectivity index (χ1) is 12.6. The van der Waals surface area contributed by atoms with Crippen LogP contribution in [0.2, 0.25) is 0 Å². The van der Waals surface area contributed by atoms with E-state index < -0.39 is 0 Å². The predicted octanol–water partition coefficient (Wildman–Crippen LogP) is 4.50. The number of aromatic nitrogens is 3. The van der Waals surface area contributed by atoms with E-state index in [4.69, 9.17) is 15.6 Å². The van der Waals surface area contributed by atoms with E-state index in [0.717, 1.165) is 59.5 Å². The van der Waals surface area contributed by atoms with Crippen LogP contribution in [0.5, 0.6) is 0 Å². The number of nitrogens with two attached hydrogens (primary N) is 1. The van der Waals surface area contributed by atoms with Crippen molar-refractivity contribution in [2.24, 2.45) is 0 Å². The molecule has 1 saturated heterocycles. The molecule has 1 fully saturated rings. The van der Waals surface area contributed by atoms with E-state index in [9.17, 15) is 0 Å². The summed E-state index contributed by atoms with van der Waals surface area (Å²) in [6.07, 6.45) is 7.28. The molecule has 0 amide bonds. The molecule has 1 atom stereocenters. The number of anilines is 1. The fourth-order valence-corrected chi connectivity index (χ4v) is 3.56. The van der Waals surface area contributed by atoms with Crippen molar-refractivity contribution in [3.05, 3.63) is 53.0 Å². The molecule has 134 valence electrons. The van der Waals surface area contributed by atoms with Gasteiger partial charge >= 0.3 is 0 Å². The van der Waals surface area contributed by atoms with Crippen LogP contribution in [0.3, 0.4) is 0 Å². The predicted molar refractivity (Wildman–Crippen MR) is 106 cm³/mol. The van der Waals surface area contributed by atoms with Crippen LogP contribution in [0.4, 0.5) is 5.69 Å². The van der Waals surface area contributed by atoms with E-state index in [1.807, 2.05) is 42.0 Å². The molecule has 1 aromatic carbocycles. The molecule has 5 nitrogen and oxygen atoms in total. The smallest absolute Gasteiger partial charge is 0.150 e. The van der Waals surface area contributed by atoms with Crippen LogP contribution in [0.1, 0.15) is 48.1 Å². The molecule has 0 saturated carbocycles. The van der Waals surface area contributed by atoms with Gasteiger partial charge in [-0.1, -0.05) is 0 Å². The molecule has 0 spiro atoms. The van der Waals surface area contributed by atoms with Crippen LogP contribution in [-0.2, 0) is 4.74 Å². The first-order valence-electron chi connectivity index (χ1n) is 9.13. The molecule has 0 aliphatic carbocycles. The molecule has 0 bridgehead atoms. The summed E-state index contributed by atoms with van der Waals surface area (Å²) < 4.78 is 7.93. The lowest BCUT2D eigenvalue weighted by molar-refractivity contribution is -0.0367. The van der Waals surface area contributed by atoms with Gasteiger partial charge in [0.2, 0.25) is 0 Å². The second-order valence-corrected chi connectivity index (χ2v) is 6.97. The Labute approximate surface area is 153 Å². The molecule has 3 heterocycles. The lowest BCUT2D eigenvalue weighted by Gasteiger charge is -2.23. The van der Waals surface area contributed by atoms with Crippen molar-refractivity contribution in [1.29, 1.82) is 0 Å². The highest BCUT2D eigenvalue weighted by Crippen LogP contribution is 2.30. The number of hydrogen-bond donors (Lipinski definition) is 1. The molecular weight excluding hydrogens is 324 g/mol. The second kappa shape index (κ2) is 6.92. The third kappa shape index (κ3) is 3.35. The zero-order valence-electron chi connectivity index (χ0n) is 15.3. The summed E-state index contributed by atoms with van der Waals surface area (Å²) in [6.45, 7) is 4.88. The van der Waals surface area contributed by atoms with Crippen molar-refractivity contribution in [3.8, 4) is 0 Å². The first-order valence-corrected chi connectivity index (χ1v) is 9.13. The van der Waals surface area contributed by atoms with Crippen molar-refractivity contribution in [1.82, 2.24) is 14.8 Å². The summed E-state index contributed by atoms with van der Waals surface area (Å²) in [7, 11) is 0. The monoisotopic (exact) mass is 348 g/mol. The molecule has 3 aromatic rings. The van der Waals surface area contributed by atoms with Gasteiger partial charge in [0.15, 0.2) is 6.23 Å². The molecule has 1 unspecified atom stereocenters. The molecule has 2 N–H and O–H groups in total. The fourth-order valence-electron chi connectivity index (χ4n) is 3.56. The van der Waals surface area contributed by atoms with Gasteiger partial charge in [0.25, 0.3) is 0 Å². The zero-order valence-corrected chi connectivity index (χ0v) is 15.3. The number of fused-ring (bicyclic) bond motifs is 1. The molecule has 5 heteroatoms. The summed E-state index contributed by atoms with van der Waals surface area (Å²) in [5.74, 6) is 0. The Kier molecular flexibility index (Phi) is 4.47. The van der Waals surface area contributed by atoms with Crippen molar-refractivity contribution >= 4 is 28.7 Å². The van der Waals surface area contributed by atoms with Gasteiger partial charge in [-0.15, -0.1) is 0 Å². The maximum Gasteiger partial charge on any atom is 0.150 e. The molecule has 1 aliphatic rings. The summed E-state index contributed by atoms with van der Waals surface area (Å²) in [5.41, 5.74) is 11.8. The van der Waals surface area contributed by atoms with E-state index in [1.54, 1.807) is 0 Å². The summed E-state index contributed by atoms with van der Waals surface area (Å²) in [5, 5.41) is 5.91. The minimum absolute atomic E-state index is 0.0189. The van der Waals surface area contributed by atoms with Gasteiger partial charge in [0, 0.05) is 23.4 Å². The second-order valence-electron chi connectivity index (χ2n) is 6.97. The van der Waals surface area contributed by atoms with E-state index in [1.165, 1.54) is 5.56 Å². The van der Waals surface area contributed by atoms with Gasteiger partial charge in [0.05, 0.1) is 16.9 Å². The van der Waals surface area contributed by atoms with Crippen molar-refractivity contribution in [3.63, 3.8) is 0 Å². The number of ether oxygens (including phenoxy) is 1. The molecule has 26 heavy (non-hydrogen) atoms. The van der Waals surface area contributed by atoms with Gasteiger partial charge in [-0.2, -0.15) is 5.10 Å². The lowest BCUT2D eigenvalue weighted by Crippen LogP contribution is -2.19. The first kappa shape index (κ1) is 16.8. The quantitative estimate of drug-likeness (QED) is 0.708. The number of aryl methyl sites for hydroxylation is 2. The van der Waals surface area contributed by atoms with Gasteiger partial charge in [0.1, 0.15) is 0 Å². The van der Waals surface area contributed by atoms with Gasteiger partial charge < -0.3 is 10.5 Å². The van der Waals surface area contributed by atoms with E-state index >= 15 is 0 Å². The summed E-state index contributed by atoms with van der Waals surface area (Å²) >= 11 is 0. The molecular formula is C21H24N4O. The van der Waals surface area contributed by atoms with Crippen molar-refractivity contribution < 1.29 is 4.74 Å². The van der Waals surface area contributed by atoms with Gasteiger partial charge in [-0.25, -0.2) is 4.68 Å². The maximum atomic E-state index is 6.02. The van der Waals surface area contributed by atoms with E-state index in [2.05, 4.69) is 24.0 Å². The van der Waals surface area contributed by atoms with Gasteiger partial charge in [-0.05, 0) is 81.2 Å². The normalized spacial score (nSPS) is 18.0. The highest BCUT2D eigenvalue weighted by molar-refractivity contribution is 5.91. The third-order valence-electron chi connectivity index (χ3n) is 4.72.